The van der Waals surface area contributed by atoms with E-state index in [4.69, 9.17) is 9.84 Å². The van der Waals surface area contributed by atoms with Crippen LogP contribution in [0.1, 0.15) is 26.7 Å². The van der Waals surface area contributed by atoms with Crippen LogP contribution in [0.15, 0.2) is 0 Å². The van der Waals surface area contributed by atoms with Crippen molar-refractivity contribution < 1.29 is 14.6 Å². The number of nitrogens with zero attached hydrogens (tertiary/aromatic N) is 1. The molecule has 1 aliphatic heterocycles. The van der Waals surface area contributed by atoms with Crippen molar-refractivity contribution in [2.45, 2.75) is 32.7 Å². The van der Waals surface area contributed by atoms with E-state index >= 15 is 0 Å². The maximum atomic E-state index is 11.3. The van der Waals surface area contributed by atoms with Crippen molar-refractivity contribution in [3.05, 3.63) is 0 Å². The number of amides is 1. The number of alkyl carbamates (subject to hydrolysis) is 1. The molecule has 0 aliphatic carbocycles. The molecule has 5 nitrogen and oxygen atoms in total. The highest BCUT2D eigenvalue weighted by atomic mass is 16.6. The molecule has 0 saturated carbocycles. The lowest BCUT2D eigenvalue weighted by molar-refractivity contribution is 0.113. The highest BCUT2D eigenvalue weighted by Gasteiger charge is 2.24. The fourth-order valence-corrected chi connectivity index (χ4v) is 2.24. The van der Waals surface area contributed by atoms with Crippen molar-refractivity contribution >= 4 is 6.09 Å². The maximum Gasteiger partial charge on any atom is 0.407 e. The first-order chi connectivity index (χ1) is 8.15. The van der Waals surface area contributed by atoms with E-state index < -0.39 is 6.09 Å². The van der Waals surface area contributed by atoms with Crippen molar-refractivity contribution in [1.82, 2.24) is 10.2 Å². The number of rotatable bonds is 6. The zero-order valence-electron chi connectivity index (χ0n) is 10.8. The number of carbonyl (C=O) groups excluding carboxylic acids is 1. The third-order valence-electron chi connectivity index (χ3n) is 3.16. The van der Waals surface area contributed by atoms with E-state index in [2.05, 4.69) is 24.1 Å². The molecule has 0 aromatic rings. The molecular weight excluding hydrogens is 220 g/mol. The summed E-state index contributed by atoms with van der Waals surface area (Å²) in [5, 5.41) is 11.3. The minimum atomic E-state index is -0.441. The summed E-state index contributed by atoms with van der Waals surface area (Å²) in [4.78, 5) is 13.7. The Kier molecular flexibility index (Phi) is 6.29. The van der Waals surface area contributed by atoms with Crippen LogP contribution in [0.25, 0.3) is 0 Å². The predicted molar refractivity (Wildman–Crippen MR) is 65.9 cm³/mol. The summed E-state index contributed by atoms with van der Waals surface area (Å²) in [6.07, 6.45) is 2.06. The van der Waals surface area contributed by atoms with Crippen LogP contribution >= 0.6 is 0 Å². The number of aliphatic hydroxyl groups is 1. The molecule has 100 valence electrons. The first-order valence-corrected chi connectivity index (χ1v) is 6.40. The molecule has 0 bridgehead atoms. The summed E-state index contributed by atoms with van der Waals surface area (Å²) in [5.41, 5.74) is 0. The standard InChI is InChI=1S/C12H24N2O3/c1-10(2)11(14-5-3-4-6-14)9-13-12(16)17-8-7-15/h10-11,15H,3-9H2,1-2H3,(H,13,16). The highest BCUT2D eigenvalue weighted by Crippen LogP contribution is 2.17. The molecule has 5 heteroatoms. The van der Waals surface area contributed by atoms with Crippen LogP contribution < -0.4 is 5.32 Å². The van der Waals surface area contributed by atoms with Crippen molar-refractivity contribution in [2.75, 3.05) is 32.8 Å². The first kappa shape index (κ1) is 14.3. The summed E-state index contributed by atoms with van der Waals surface area (Å²) in [6, 6.07) is 0.374. The minimum Gasteiger partial charge on any atom is -0.447 e. The number of likely N-dealkylation sites (tertiary alicyclic amines) is 1. The zero-order chi connectivity index (χ0) is 12.7. The van der Waals surface area contributed by atoms with E-state index in [0.29, 0.717) is 18.5 Å². The first-order valence-electron chi connectivity index (χ1n) is 6.40. The number of carbonyl (C=O) groups is 1. The summed E-state index contributed by atoms with van der Waals surface area (Å²) >= 11 is 0. The molecule has 0 spiro atoms. The Morgan fingerprint density at radius 3 is 2.59 bits per heavy atom. The van der Waals surface area contributed by atoms with Crippen molar-refractivity contribution in [1.29, 1.82) is 0 Å². The van der Waals surface area contributed by atoms with Crippen LogP contribution in [0.5, 0.6) is 0 Å². The van der Waals surface area contributed by atoms with Crippen molar-refractivity contribution in [2.24, 2.45) is 5.92 Å². The van der Waals surface area contributed by atoms with Crippen LogP contribution in [-0.2, 0) is 4.74 Å². The molecule has 1 amide bonds. The molecule has 1 aliphatic rings. The molecule has 1 unspecified atom stereocenters. The summed E-state index contributed by atoms with van der Waals surface area (Å²) in [6.45, 7) is 7.12. The topological polar surface area (TPSA) is 61.8 Å². The van der Waals surface area contributed by atoms with Gasteiger partial charge in [-0.05, 0) is 31.8 Å². The van der Waals surface area contributed by atoms with E-state index in [1.165, 1.54) is 12.8 Å². The molecule has 1 atom stereocenters. The Balaban J connectivity index is 2.31. The van der Waals surface area contributed by atoms with Crippen molar-refractivity contribution in [3.63, 3.8) is 0 Å². The Labute approximate surface area is 103 Å². The van der Waals surface area contributed by atoms with Gasteiger partial charge >= 0.3 is 6.09 Å². The SMILES string of the molecule is CC(C)C(CNC(=O)OCCO)N1CCCC1. The number of aliphatic hydroxyl groups excluding tert-OH is 1. The van der Waals surface area contributed by atoms with E-state index in [9.17, 15) is 4.79 Å². The zero-order valence-corrected chi connectivity index (χ0v) is 10.8. The van der Waals surface area contributed by atoms with Gasteiger partial charge in [0.25, 0.3) is 0 Å². The van der Waals surface area contributed by atoms with Crippen LogP contribution in [0.2, 0.25) is 0 Å². The van der Waals surface area contributed by atoms with Gasteiger partial charge in [0.15, 0.2) is 0 Å². The van der Waals surface area contributed by atoms with Crippen molar-refractivity contribution in [3.8, 4) is 0 Å². The number of hydrogen-bond donors (Lipinski definition) is 2. The number of nitrogens with one attached hydrogen (secondary N) is 1. The number of ether oxygens (including phenoxy) is 1. The lowest BCUT2D eigenvalue weighted by Gasteiger charge is -2.30. The van der Waals surface area contributed by atoms with E-state index in [-0.39, 0.29) is 13.2 Å². The largest absolute Gasteiger partial charge is 0.447 e. The molecule has 17 heavy (non-hydrogen) atoms. The Morgan fingerprint density at radius 1 is 1.41 bits per heavy atom. The lowest BCUT2D eigenvalue weighted by atomic mass is 10.0. The smallest absolute Gasteiger partial charge is 0.407 e. The minimum absolute atomic E-state index is 0.0574. The van der Waals surface area contributed by atoms with Gasteiger partial charge < -0.3 is 15.2 Å². The van der Waals surface area contributed by atoms with E-state index in [0.717, 1.165) is 13.1 Å². The Hall–Kier alpha value is -0.810. The monoisotopic (exact) mass is 244 g/mol. The van der Waals surface area contributed by atoms with Gasteiger partial charge in [-0.15, -0.1) is 0 Å². The number of hydrogen-bond acceptors (Lipinski definition) is 4. The second-order valence-corrected chi connectivity index (χ2v) is 4.79. The van der Waals surface area contributed by atoms with Gasteiger partial charge in [-0.25, -0.2) is 4.79 Å². The van der Waals surface area contributed by atoms with Gasteiger partial charge in [0.05, 0.1) is 6.61 Å². The van der Waals surface area contributed by atoms with Gasteiger partial charge in [-0.3, -0.25) is 4.90 Å². The molecule has 0 aromatic carbocycles. The third kappa shape index (κ3) is 4.91. The molecule has 0 aromatic heterocycles. The lowest BCUT2D eigenvalue weighted by Crippen LogP contribution is -2.45. The van der Waals surface area contributed by atoms with Gasteiger partial charge in [0, 0.05) is 12.6 Å². The molecule has 1 rings (SSSR count). The second-order valence-electron chi connectivity index (χ2n) is 4.79. The molecule has 1 saturated heterocycles. The summed E-state index contributed by atoms with van der Waals surface area (Å²) in [7, 11) is 0. The van der Waals surface area contributed by atoms with Gasteiger partial charge in [-0.2, -0.15) is 0 Å². The van der Waals surface area contributed by atoms with Crippen LogP contribution in [-0.4, -0.2) is 55.0 Å². The Bertz CT molecular complexity index is 228. The van der Waals surface area contributed by atoms with Crippen LogP contribution in [0.3, 0.4) is 0 Å². The average Bonchev–Trinajstić information content (AvgIpc) is 2.79. The van der Waals surface area contributed by atoms with Gasteiger partial charge in [0.1, 0.15) is 6.61 Å². The van der Waals surface area contributed by atoms with Gasteiger partial charge in [0.2, 0.25) is 0 Å². The van der Waals surface area contributed by atoms with E-state index in [1.807, 2.05) is 0 Å². The average molecular weight is 244 g/mol. The van der Waals surface area contributed by atoms with E-state index in [1.54, 1.807) is 0 Å². The predicted octanol–water partition coefficient (Wildman–Crippen LogP) is 0.825. The quantitative estimate of drug-likeness (QED) is 0.726. The van der Waals surface area contributed by atoms with Crippen LogP contribution in [0.4, 0.5) is 4.79 Å². The fourth-order valence-electron chi connectivity index (χ4n) is 2.24. The fraction of sp³-hybridized carbons (Fsp3) is 0.917. The second kappa shape index (κ2) is 7.50. The third-order valence-corrected chi connectivity index (χ3v) is 3.16. The molecule has 1 fully saturated rings. The normalized spacial score (nSPS) is 18.4. The molecule has 0 radical (unpaired) electrons. The molecule has 1 heterocycles. The van der Waals surface area contributed by atoms with Gasteiger partial charge in [-0.1, -0.05) is 13.8 Å². The molecule has 2 N–H and O–H groups in total. The van der Waals surface area contributed by atoms with Crippen LogP contribution in [0, 0.1) is 5.92 Å². The Morgan fingerprint density at radius 2 is 2.06 bits per heavy atom. The highest BCUT2D eigenvalue weighted by molar-refractivity contribution is 5.67. The summed E-state index contributed by atoms with van der Waals surface area (Å²) in [5.74, 6) is 0.506. The molecular formula is C12H24N2O3. The summed E-state index contributed by atoms with van der Waals surface area (Å²) < 4.78 is 4.77. The maximum absolute atomic E-state index is 11.3.